The molecule has 3 aliphatic rings. The molecule has 140 valence electrons. The summed E-state index contributed by atoms with van der Waals surface area (Å²) in [5, 5.41) is 8.79. The van der Waals surface area contributed by atoms with Crippen LogP contribution in [0.3, 0.4) is 0 Å². The summed E-state index contributed by atoms with van der Waals surface area (Å²) in [6.45, 7) is 3.62. The average molecular weight is 369 g/mol. The lowest BCUT2D eigenvalue weighted by molar-refractivity contribution is -0.115. The van der Waals surface area contributed by atoms with Crippen molar-refractivity contribution in [1.29, 1.82) is 0 Å². The maximum absolute atomic E-state index is 11.6. The molecule has 8 heteroatoms. The molecule has 2 saturated heterocycles. The number of allylic oxidation sites excluding steroid dienone is 1. The first-order chi connectivity index (χ1) is 12.1. The van der Waals surface area contributed by atoms with Gasteiger partial charge in [0, 0.05) is 13.2 Å². The summed E-state index contributed by atoms with van der Waals surface area (Å²) in [6, 6.07) is 0. The van der Waals surface area contributed by atoms with Crippen LogP contribution in [0.25, 0.3) is 0 Å². The number of amides is 2. The summed E-state index contributed by atoms with van der Waals surface area (Å²) >= 11 is 1.01. The lowest BCUT2D eigenvalue weighted by atomic mass is 9.87. The number of carbonyl (C=O) groups is 2. The Bertz CT molecular complexity index is 514. The van der Waals surface area contributed by atoms with Crippen molar-refractivity contribution in [2.24, 2.45) is 5.92 Å². The molecule has 3 fully saturated rings. The number of carbonyl (C=O) groups excluding carboxylic acids is 2. The third-order valence-corrected chi connectivity index (χ3v) is 5.96. The van der Waals surface area contributed by atoms with Gasteiger partial charge in [0.15, 0.2) is 0 Å². The zero-order valence-corrected chi connectivity index (χ0v) is 15.6. The predicted octanol–water partition coefficient (Wildman–Crippen LogP) is 1.23. The van der Waals surface area contributed by atoms with Crippen molar-refractivity contribution in [3.05, 3.63) is 11.0 Å². The molecular weight excluding hydrogens is 340 g/mol. The molecule has 1 aliphatic carbocycles. The highest BCUT2D eigenvalue weighted by molar-refractivity contribution is 8.18. The van der Waals surface area contributed by atoms with Gasteiger partial charge in [-0.2, -0.15) is 0 Å². The van der Waals surface area contributed by atoms with Crippen molar-refractivity contribution in [2.75, 3.05) is 33.4 Å². The topological polar surface area (TPSA) is 82.7 Å². The van der Waals surface area contributed by atoms with Crippen LogP contribution in [0.15, 0.2) is 11.0 Å². The zero-order chi connectivity index (χ0) is 17.6. The molecule has 0 aromatic heterocycles. The summed E-state index contributed by atoms with van der Waals surface area (Å²) < 4.78 is 6.06. The Hall–Kier alpha value is -0.930. The molecule has 0 spiro atoms. The molecule has 1 unspecified atom stereocenters. The molecule has 2 aliphatic heterocycles. The fourth-order valence-electron chi connectivity index (χ4n) is 3.59. The number of rotatable bonds is 6. The number of ether oxygens (including phenoxy) is 1. The van der Waals surface area contributed by atoms with Crippen molar-refractivity contribution in [2.45, 2.75) is 44.4 Å². The highest BCUT2D eigenvalue weighted by atomic mass is 32.2. The smallest absolute Gasteiger partial charge is 0.290 e. The molecule has 1 atom stereocenters. The summed E-state index contributed by atoms with van der Waals surface area (Å²) in [5.41, 5.74) is 0. The van der Waals surface area contributed by atoms with Gasteiger partial charge in [0.1, 0.15) is 0 Å². The molecule has 0 bridgehead atoms. The monoisotopic (exact) mass is 368 g/mol. The largest absolute Gasteiger partial charge is 0.377 e. The van der Waals surface area contributed by atoms with E-state index >= 15 is 0 Å². The van der Waals surface area contributed by atoms with Gasteiger partial charge in [-0.3, -0.25) is 25.1 Å². The van der Waals surface area contributed by atoms with Crippen LogP contribution in [0.1, 0.15) is 32.1 Å². The molecule has 3 rings (SSSR count). The van der Waals surface area contributed by atoms with Crippen LogP contribution in [0.5, 0.6) is 0 Å². The third kappa shape index (κ3) is 5.52. The number of hydrogen-bond donors (Lipinski definition) is 3. The van der Waals surface area contributed by atoms with E-state index in [1.54, 1.807) is 0 Å². The summed E-state index contributed by atoms with van der Waals surface area (Å²) in [4.78, 5) is 25.7. The lowest BCUT2D eigenvalue weighted by Crippen LogP contribution is -2.53. The van der Waals surface area contributed by atoms with Crippen molar-refractivity contribution < 1.29 is 14.3 Å². The van der Waals surface area contributed by atoms with Crippen LogP contribution in [-0.2, 0) is 9.53 Å². The number of hydrogen-bond acceptors (Lipinski definition) is 7. The van der Waals surface area contributed by atoms with E-state index in [1.165, 1.54) is 0 Å². The van der Waals surface area contributed by atoms with E-state index in [0.717, 1.165) is 70.2 Å². The van der Waals surface area contributed by atoms with E-state index in [0.29, 0.717) is 23.1 Å². The maximum Gasteiger partial charge on any atom is 0.290 e. The molecule has 2 heterocycles. The summed E-state index contributed by atoms with van der Waals surface area (Å²) in [7, 11) is 2.14. The molecule has 2 amide bonds. The Balaban J connectivity index is 1.33. The highest BCUT2D eigenvalue weighted by Crippen LogP contribution is 2.32. The number of imide groups is 1. The second-order valence-corrected chi connectivity index (χ2v) is 7.96. The molecule has 0 aromatic carbocycles. The second kappa shape index (κ2) is 9.14. The fourth-order valence-corrected chi connectivity index (χ4v) is 4.33. The number of nitrogens with zero attached hydrogens (tertiary/aromatic N) is 1. The minimum absolute atomic E-state index is 0.247. The van der Waals surface area contributed by atoms with Crippen LogP contribution in [0.4, 0.5) is 4.79 Å². The number of likely N-dealkylation sites (N-methyl/N-ethyl adjacent to an activating group) is 1. The first-order valence-corrected chi connectivity index (χ1v) is 9.94. The van der Waals surface area contributed by atoms with Gasteiger partial charge < -0.3 is 10.1 Å². The first-order valence-electron chi connectivity index (χ1n) is 9.13. The minimum atomic E-state index is -0.263. The first kappa shape index (κ1) is 18.8. The zero-order valence-electron chi connectivity index (χ0n) is 14.8. The molecule has 0 aromatic rings. The molecule has 3 N–H and O–H groups in total. The van der Waals surface area contributed by atoms with Crippen LogP contribution in [0.2, 0.25) is 0 Å². The maximum atomic E-state index is 11.6. The van der Waals surface area contributed by atoms with E-state index in [9.17, 15) is 9.59 Å². The third-order valence-electron chi connectivity index (χ3n) is 5.13. The van der Waals surface area contributed by atoms with E-state index in [4.69, 9.17) is 4.74 Å². The van der Waals surface area contributed by atoms with Gasteiger partial charge in [-0.05, 0) is 63.4 Å². The molecule has 25 heavy (non-hydrogen) atoms. The summed E-state index contributed by atoms with van der Waals surface area (Å²) in [5.74, 6) is 0.128. The quantitative estimate of drug-likeness (QED) is 0.608. The standard InChI is InChI=1S/C17H28N4O3S/c1-21(15-6-7-18-11-19-15)8-9-24-13-4-2-12(3-5-13)10-14-16(22)20-17(23)25-14/h10,12-13,15,18-19H,2-9,11H2,1H3,(H,20,22,23)/b14-10-. The Morgan fingerprint density at radius 2 is 2.04 bits per heavy atom. The Morgan fingerprint density at radius 3 is 2.68 bits per heavy atom. The van der Waals surface area contributed by atoms with Crippen molar-refractivity contribution >= 4 is 22.9 Å². The van der Waals surface area contributed by atoms with Crippen LogP contribution in [-0.4, -0.2) is 61.7 Å². The van der Waals surface area contributed by atoms with Crippen LogP contribution in [0, 0.1) is 5.92 Å². The average Bonchev–Trinajstić information content (AvgIpc) is 2.94. The molecule has 0 radical (unpaired) electrons. The van der Waals surface area contributed by atoms with E-state index in [-0.39, 0.29) is 11.1 Å². The van der Waals surface area contributed by atoms with Gasteiger partial charge >= 0.3 is 0 Å². The van der Waals surface area contributed by atoms with Gasteiger partial charge in [-0.1, -0.05) is 6.08 Å². The minimum Gasteiger partial charge on any atom is -0.377 e. The molecule has 1 saturated carbocycles. The summed E-state index contributed by atoms with van der Waals surface area (Å²) in [6.07, 6.45) is 7.90. The van der Waals surface area contributed by atoms with Gasteiger partial charge in [0.2, 0.25) is 0 Å². The predicted molar refractivity (Wildman–Crippen MR) is 98.0 cm³/mol. The van der Waals surface area contributed by atoms with Gasteiger partial charge in [0.25, 0.3) is 11.1 Å². The van der Waals surface area contributed by atoms with E-state index in [2.05, 4.69) is 27.9 Å². The highest BCUT2D eigenvalue weighted by Gasteiger charge is 2.28. The van der Waals surface area contributed by atoms with E-state index in [1.807, 2.05) is 6.08 Å². The normalized spacial score (nSPS) is 32.4. The van der Waals surface area contributed by atoms with Crippen molar-refractivity contribution in [3.8, 4) is 0 Å². The molecular formula is C17H28N4O3S. The van der Waals surface area contributed by atoms with Crippen LogP contribution >= 0.6 is 11.8 Å². The molecule has 7 nitrogen and oxygen atoms in total. The Kier molecular flexibility index (Phi) is 6.89. The fraction of sp³-hybridized carbons (Fsp3) is 0.765. The van der Waals surface area contributed by atoms with Gasteiger partial charge in [-0.25, -0.2) is 0 Å². The van der Waals surface area contributed by atoms with Crippen LogP contribution < -0.4 is 16.0 Å². The lowest BCUT2D eigenvalue weighted by Gasteiger charge is -2.33. The Labute approximate surface area is 153 Å². The SMILES string of the molecule is CN(CCOC1CCC(/C=C2\SC(=O)NC2=O)CC1)C1CCNCN1. The van der Waals surface area contributed by atoms with Crippen molar-refractivity contribution in [3.63, 3.8) is 0 Å². The Morgan fingerprint density at radius 1 is 1.24 bits per heavy atom. The van der Waals surface area contributed by atoms with Gasteiger partial charge in [0.05, 0.1) is 23.8 Å². The van der Waals surface area contributed by atoms with E-state index < -0.39 is 0 Å². The second-order valence-electron chi connectivity index (χ2n) is 6.95. The number of thioether (sulfide) groups is 1. The number of nitrogens with one attached hydrogen (secondary N) is 3. The van der Waals surface area contributed by atoms with Gasteiger partial charge in [-0.15, -0.1) is 0 Å². The van der Waals surface area contributed by atoms with Crippen molar-refractivity contribution in [1.82, 2.24) is 20.9 Å².